The van der Waals surface area contributed by atoms with Gasteiger partial charge in [-0.2, -0.15) is 0 Å². The van der Waals surface area contributed by atoms with Crippen LogP contribution in [0.3, 0.4) is 0 Å². The number of carbonyl (C=O) groups excluding carboxylic acids is 2. The number of alkyl carbamates (subject to hydrolysis) is 1. The molecule has 2 heterocycles. The number of methoxy groups -OCH3 is 1. The highest BCUT2D eigenvalue weighted by atomic mass is 19.2. The quantitative estimate of drug-likeness (QED) is 0.159. The number of epoxide rings is 2. The average molecular weight is 484 g/mol. The summed E-state index contributed by atoms with van der Waals surface area (Å²) < 4.78 is 35.8. The van der Waals surface area contributed by atoms with Crippen LogP contribution in [0.1, 0.15) is 58.8 Å². The van der Waals surface area contributed by atoms with Crippen LogP contribution < -0.4 is 16.2 Å². The second-order valence-corrected chi connectivity index (χ2v) is 10.1. The van der Waals surface area contributed by atoms with E-state index >= 15 is 0 Å². The van der Waals surface area contributed by atoms with E-state index in [0.29, 0.717) is 13.1 Å². The molecule has 0 aromatic heterocycles. The number of allylic oxidation sites excluding steroid dienone is 1. The van der Waals surface area contributed by atoms with E-state index in [-0.39, 0.29) is 54.0 Å². The van der Waals surface area contributed by atoms with Gasteiger partial charge in [0.05, 0.1) is 12.0 Å². The van der Waals surface area contributed by atoms with Crippen LogP contribution in [0.5, 0.6) is 0 Å². The van der Waals surface area contributed by atoms with E-state index in [1.54, 1.807) is 7.11 Å². The highest BCUT2D eigenvalue weighted by molar-refractivity contribution is 5.77. The van der Waals surface area contributed by atoms with Crippen molar-refractivity contribution in [3.8, 4) is 0 Å². The summed E-state index contributed by atoms with van der Waals surface area (Å²) in [4.78, 5) is 23.5. The van der Waals surface area contributed by atoms with Gasteiger partial charge >= 0.3 is 6.09 Å². The SMILES string of the molecule is COC1C(OC(=O)NCCCCCCNC(=O)CNF)CC[C@]23OC2C2(O[C@@H]2CC=C(C)C)C13. The van der Waals surface area contributed by atoms with Crippen LogP contribution in [0.15, 0.2) is 11.6 Å². The topological polar surface area (TPSA) is 114 Å². The Hall–Kier alpha value is -1.75. The first-order valence-electron chi connectivity index (χ1n) is 12.5. The van der Waals surface area contributed by atoms with E-state index in [4.69, 9.17) is 18.9 Å². The van der Waals surface area contributed by atoms with E-state index < -0.39 is 6.09 Å². The number of unbranched alkanes of at least 4 members (excludes halogenated alkanes) is 3. The summed E-state index contributed by atoms with van der Waals surface area (Å²) in [5, 5.41) is 5.46. The van der Waals surface area contributed by atoms with Crippen molar-refractivity contribution in [1.29, 1.82) is 0 Å². The summed E-state index contributed by atoms with van der Waals surface area (Å²) in [7, 11) is 1.67. The Labute approximate surface area is 200 Å². The van der Waals surface area contributed by atoms with Crippen molar-refractivity contribution in [2.75, 3.05) is 26.7 Å². The lowest BCUT2D eigenvalue weighted by Gasteiger charge is -2.48. The van der Waals surface area contributed by atoms with Crippen LogP contribution in [0.4, 0.5) is 9.28 Å². The van der Waals surface area contributed by atoms with Gasteiger partial charge in [-0.15, -0.1) is 10.0 Å². The Bertz CT molecular complexity index is 793. The number of halogens is 1. The molecule has 2 amide bonds. The average Bonchev–Trinajstić information content (AvgIpc) is 3.68. The third-order valence-electron chi connectivity index (χ3n) is 7.65. The van der Waals surface area contributed by atoms with Crippen molar-refractivity contribution >= 4 is 12.0 Å². The highest BCUT2D eigenvalue weighted by Crippen LogP contribution is 2.77. The molecule has 4 aliphatic rings. The standard InChI is InChI=1S/C24H38FN3O6/c1-15(2)8-9-17-24(33-17)20-19(31-3)16(10-11-23(20)21(24)34-23)32-22(30)27-13-7-5-4-6-12-26-18(29)14-28-25/h8,16-17,19-21,28H,4-7,9-14H2,1-3H3,(H,26,29)(H,27,30)/t16?,17-,19?,20?,21?,23-,24?/m1/s1. The maximum absolute atomic E-state index is 12.4. The Morgan fingerprint density at radius 3 is 2.53 bits per heavy atom. The van der Waals surface area contributed by atoms with E-state index in [1.807, 2.05) is 0 Å². The second-order valence-electron chi connectivity index (χ2n) is 10.1. The summed E-state index contributed by atoms with van der Waals surface area (Å²) in [6.45, 7) is 4.89. The third-order valence-corrected chi connectivity index (χ3v) is 7.65. The zero-order chi connectivity index (χ0) is 24.3. The molecule has 7 atom stereocenters. The molecular formula is C24H38FN3O6. The molecule has 10 heteroatoms. The molecule has 0 aromatic rings. The number of carbonyl (C=O) groups is 2. The highest BCUT2D eigenvalue weighted by Gasteiger charge is 2.94. The number of fused-ring (bicyclic) bond motifs is 2. The van der Waals surface area contributed by atoms with Crippen LogP contribution in [0, 0.1) is 5.92 Å². The molecular weight excluding hydrogens is 445 g/mol. The Balaban J connectivity index is 1.15. The van der Waals surface area contributed by atoms with Gasteiger partial charge in [0, 0.05) is 20.2 Å². The fourth-order valence-corrected chi connectivity index (χ4v) is 6.00. The fraction of sp³-hybridized carbons (Fsp3) is 0.833. The Kier molecular flexibility index (Phi) is 7.81. The molecule has 0 radical (unpaired) electrons. The fourth-order valence-electron chi connectivity index (χ4n) is 6.00. The molecule has 2 saturated carbocycles. The van der Waals surface area contributed by atoms with Crippen LogP contribution in [-0.2, 0) is 23.7 Å². The number of hydrogen-bond acceptors (Lipinski definition) is 7. The predicted octanol–water partition coefficient (Wildman–Crippen LogP) is 2.30. The first-order chi connectivity index (χ1) is 16.4. The smallest absolute Gasteiger partial charge is 0.407 e. The molecule has 0 bridgehead atoms. The molecule has 2 aliphatic carbocycles. The molecule has 34 heavy (non-hydrogen) atoms. The normalized spacial score (nSPS) is 36.5. The molecule has 2 spiro atoms. The first-order valence-corrected chi connectivity index (χ1v) is 12.5. The number of amides is 2. The van der Waals surface area contributed by atoms with Gasteiger partial charge in [-0.05, 0) is 46.0 Å². The van der Waals surface area contributed by atoms with E-state index in [0.717, 1.165) is 44.9 Å². The van der Waals surface area contributed by atoms with Gasteiger partial charge in [-0.25, -0.2) is 4.79 Å². The molecule has 192 valence electrons. The van der Waals surface area contributed by atoms with E-state index in [1.165, 1.54) is 11.1 Å². The van der Waals surface area contributed by atoms with Crippen LogP contribution >= 0.6 is 0 Å². The molecule has 5 unspecified atom stereocenters. The van der Waals surface area contributed by atoms with Crippen LogP contribution in [0.2, 0.25) is 0 Å². The van der Waals surface area contributed by atoms with Crippen molar-refractivity contribution in [1.82, 2.24) is 16.2 Å². The van der Waals surface area contributed by atoms with Crippen molar-refractivity contribution in [2.45, 2.75) is 94.4 Å². The first kappa shape index (κ1) is 25.3. The van der Waals surface area contributed by atoms with Crippen LogP contribution in [0.25, 0.3) is 0 Å². The van der Waals surface area contributed by atoms with Crippen molar-refractivity contribution in [2.24, 2.45) is 5.92 Å². The minimum absolute atomic E-state index is 0.0956. The lowest BCUT2D eigenvalue weighted by atomic mass is 9.55. The van der Waals surface area contributed by atoms with E-state index in [2.05, 4.69) is 30.6 Å². The number of hydrogen-bond donors (Lipinski definition) is 3. The van der Waals surface area contributed by atoms with Gasteiger partial charge in [-0.3, -0.25) is 4.79 Å². The Morgan fingerprint density at radius 1 is 1.12 bits per heavy atom. The van der Waals surface area contributed by atoms with Gasteiger partial charge in [0.25, 0.3) is 0 Å². The third kappa shape index (κ3) is 4.82. The summed E-state index contributed by atoms with van der Waals surface area (Å²) in [6.07, 6.45) is 7.43. The molecule has 3 N–H and O–H groups in total. The van der Waals surface area contributed by atoms with Crippen LogP contribution in [-0.4, -0.2) is 74.4 Å². The molecule has 2 saturated heterocycles. The Morgan fingerprint density at radius 2 is 1.85 bits per heavy atom. The molecule has 2 aliphatic heterocycles. The van der Waals surface area contributed by atoms with Gasteiger partial charge in [0.2, 0.25) is 5.91 Å². The van der Waals surface area contributed by atoms with Gasteiger partial charge in [0.15, 0.2) is 0 Å². The van der Waals surface area contributed by atoms with Gasteiger partial charge in [-0.1, -0.05) is 24.5 Å². The van der Waals surface area contributed by atoms with Gasteiger partial charge < -0.3 is 29.6 Å². The summed E-state index contributed by atoms with van der Waals surface area (Å²) in [5.74, 6) is -0.263. The molecule has 4 fully saturated rings. The lowest BCUT2D eigenvalue weighted by Crippen LogP contribution is -2.66. The predicted molar refractivity (Wildman–Crippen MR) is 122 cm³/mol. The van der Waals surface area contributed by atoms with Crippen molar-refractivity contribution in [3.05, 3.63) is 11.6 Å². The van der Waals surface area contributed by atoms with Gasteiger partial charge in [0.1, 0.15) is 36.1 Å². The second kappa shape index (κ2) is 10.5. The number of ether oxygens (including phenoxy) is 4. The summed E-state index contributed by atoms with van der Waals surface area (Å²) in [6, 6.07) is 0. The maximum Gasteiger partial charge on any atom is 0.407 e. The zero-order valence-corrected chi connectivity index (χ0v) is 20.4. The summed E-state index contributed by atoms with van der Waals surface area (Å²) >= 11 is 0. The minimum Gasteiger partial charge on any atom is -0.443 e. The minimum atomic E-state index is -0.423. The lowest BCUT2D eigenvalue weighted by molar-refractivity contribution is -0.133. The molecule has 9 nitrogen and oxygen atoms in total. The maximum atomic E-state index is 12.4. The zero-order valence-electron chi connectivity index (χ0n) is 20.4. The monoisotopic (exact) mass is 483 g/mol. The number of rotatable bonds is 13. The number of nitrogens with one attached hydrogen (secondary N) is 3. The molecule has 0 aromatic carbocycles. The van der Waals surface area contributed by atoms with E-state index in [9.17, 15) is 14.1 Å². The summed E-state index contributed by atoms with van der Waals surface area (Å²) in [5.41, 5.74) is 2.16. The molecule has 4 rings (SSSR count). The van der Waals surface area contributed by atoms with Crippen molar-refractivity contribution < 1.29 is 33.0 Å². The van der Waals surface area contributed by atoms with Crippen molar-refractivity contribution in [3.63, 3.8) is 0 Å². The largest absolute Gasteiger partial charge is 0.443 e.